The zero-order chi connectivity index (χ0) is 23.4. The van der Waals surface area contributed by atoms with E-state index in [2.05, 4.69) is 25.5 Å². The maximum atomic E-state index is 12.3. The molecule has 0 spiro atoms. The van der Waals surface area contributed by atoms with Crippen LogP contribution < -0.4 is 15.5 Å². The van der Waals surface area contributed by atoms with Crippen molar-refractivity contribution in [2.24, 2.45) is 0 Å². The topological polar surface area (TPSA) is 126 Å². The summed E-state index contributed by atoms with van der Waals surface area (Å²) in [5, 5.41) is 7.64. The molecule has 3 aromatic heterocycles. The minimum absolute atomic E-state index is 0.154. The second-order valence-corrected chi connectivity index (χ2v) is 10.5. The van der Waals surface area contributed by atoms with Crippen molar-refractivity contribution in [2.75, 3.05) is 36.1 Å². The van der Waals surface area contributed by atoms with Gasteiger partial charge in [0.25, 0.3) is 5.91 Å². The van der Waals surface area contributed by atoms with E-state index < -0.39 is 21.8 Å². The Labute approximate surface area is 195 Å². The van der Waals surface area contributed by atoms with E-state index in [4.69, 9.17) is 0 Å². The molecule has 0 radical (unpaired) electrons. The van der Waals surface area contributed by atoms with Gasteiger partial charge in [0.05, 0.1) is 24.1 Å². The van der Waals surface area contributed by atoms with Crippen LogP contribution in [0.4, 0.5) is 10.8 Å². The number of anilines is 2. The van der Waals surface area contributed by atoms with Crippen molar-refractivity contribution in [3.8, 4) is 0 Å². The minimum atomic E-state index is -3.47. The average Bonchev–Trinajstić information content (AvgIpc) is 3.48. The third-order valence-electron chi connectivity index (χ3n) is 5.36. The number of carbonyl (C=O) groups excluding carboxylic acids is 2. The maximum Gasteiger partial charge on any atom is 0.253 e. The first-order valence-electron chi connectivity index (χ1n) is 10.4. The Kier molecular flexibility index (Phi) is 6.75. The Balaban J connectivity index is 1.29. The maximum absolute atomic E-state index is 12.3. The summed E-state index contributed by atoms with van der Waals surface area (Å²) in [6.45, 7) is 1.59. The van der Waals surface area contributed by atoms with Crippen LogP contribution in [-0.4, -0.2) is 60.1 Å². The Morgan fingerprint density at radius 2 is 2.03 bits per heavy atom. The predicted octanol–water partition coefficient (Wildman–Crippen LogP) is 1.90. The van der Waals surface area contributed by atoms with Gasteiger partial charge in [0.15, 0.2) is 5.13 Å². The number of nitrogens with zero attached hydrogens (tertiary/aromatic N) is 4. The molecule has 1 aliphatic heterocycles. The van der Waals surface area contributed by atoms with Gasteiger partial charge in [-0.05, 0) is 31.0 Å². The summed E-state index contributed by atoms with van der Waals surface area (Å²) in [4.78, 5) is 35.4. The molecule has 0 saturated carbocycles. The molecule has 174 valence electrons. The van der Waals surface area contributed by atoms with E-state index in [9.17, 15) is 18.0 Å². The van der Waals surface area contributed by atoms with Gasteiger partial charge in [-0.15, -0.1) is 11.3 Å². The Morgan fingerprint density at radius 3 is 2.76 bits per heavy atom. The molecule has 1 atom stereocenters. The van der Waals surface area contributed by atoms with Crippen LogP contribution in [0.1, 0.15) is 34.8 Å². The minimum Gasteiger partial charge on any atom is -0.371 e. The van der Waals surface area contributed by atoms with Crippen molar-refractivity contribution in [3.05, 3.63) is 59.6 Å². The molecule has 1 aliphatic rings. The van der Waals surface area contributed by atoms with Crippen LogP contribution in [0.5, 0.6) is 0 Å². The van der Waals surface area contributed by atoms with Gasteiger partial charge in [-0.2, -0.15) is 0 Å². The molecule has 0 bridgehead atoms. The van der Waals surface area contributed by atoms with Crippen LogP contribution in [0.25, 0.3) is 0 Å². The number of pyridine rings is 1. The molecule has 2 amide bonds. The van der Waals surface area contributed by atoms with Gasteiger partial charge in [-0.1, -0.05) is 0 Å². The second kappa shape index (κ2) is 9.71. The summed E-state index contributed by atoms with van der Waals surface area (Å²) in [7, 11) is -3.47. The van der Waals surface area contributed by atoms with E-state index >= 15 is 0 Å². The van der Waals surface area contributed by atoms with Crippen LogP contribution in [-0.2, 0) is 14.8 Å². The fourth-order valence-electron chi connectivity index (χ4n) is 3.68. The lowest BCUT2D eigenvalue weighted by molar-refractivity contribution is -0.115. The van der Waals surface area contributed by atoms with E-state index in [1.54, 1.807) is 12.4 Å². The zero-order valence-electron chi connectivity index (χ0n) is 18.0. The van der Waals surface area contributed by atoms with Gasteiger partial charge in [-0.3, -0.25) is 18.5 Å². The highest BCUT2D eigenvalue weighted by molar-refractivity contribution is 7.89. The van der Waals surface area contributed by atoms with Crippen LogP contribution in [0.2, 0.25) is 0 Å². The molecular formula is C21H24N6O4S2. The molecule has 33 heavy (non-hydrogen) atoms. The van der Waals surface area contributed by atoms with Crippen molar-refractivity contribution < 1.29 is 18.0 Å². The number of amides is 2. The normalized spacial score (nSPS) is 16.4. The quantitative estimate of drug-likeness (QED) is 0.520. The Bertz CT molecular complexity index is 1240. The summed E-state index contributed by atoms with van der Waals surface area (Å²) < 4.78 is 23.9. The molecule has 0 aromatic carbocycles. The molecular weight excluding hydrogens is 464 g/mol. The lowest BCUT2D eigenvalue weighted by Gasteiger charge is -2.33. The number of carbonyl (C=O) groups is 2. The molecule has 0 aliphatic carbocycles. The first kappa shape index (κ1) is 22.9. The molecule has 1 fully saturated rings. The van der Waals surface area contributed by atoms with E-state index in [0.29, 0.717) is 5.13 Å². The molecule has 2 N–H and O–H groups in total. The third kappa shape index (κ3) is 5.76. The largest absolute Gasteiger partial charge is 0.371 e. The van der Waals surface area contributed by atoms with E-state index in [0.717, 1.165) is 47.5 Å². The molecule has 12 heteroatoms. The molecule has 4 rings (SSSR count). The number of rotatable bonds is 7. The van der Waals surface area contributed by atoms with Crippen molar-refractivity contribution >= 4 is 44.0 Å². The van der Waals surface area contributed by atoms with Crippen LogP contribution in [0.3, 0.4) is 0 Å². The van der Waals surface area contributed by atoms with Crippen LogP contribution in [0, 0.1) is 0 Å². The molecule has 10 nitrogen and oxygen atoms in total. The van der Waals surface area contributed by atoms with Gasteiger partial charge >= 0.3 is 0 Å². The highest BCUT2D eigenvalue weighted by Crippen LogP contribution is 2.31. The van der Waals surface area contributed by atoms with Gasteiger partial charge in [-0.25, -0.2) is 13.4 Å². The van der Waals surface area contributed by atoms with Crippen LogP contribution in [0.15, 0.2) is 48.4 Å². The Morgan fingerprint density at radius 1 is 1.24 bits per heavy atom. The number of aromatic nitrogens is 3. The van der Waals surface area contributed by atoms with Crippen molar-refractivity contribution in [1.82, 2.24) is 19.3 Å². The third-order valence-corrected chi connectivity index (χ3v) is 7.13. The number of thiazole rings is 1. The fraction of sp³-hybridized carbons (Fsp3) is 0.333. The first-order valence-corrected chi connectivity index (χ1v) is 13.1. The smallest absolute Gasteiger partial charge is 0.253 e. The average molecular weight is 489 g/mol. The monoisotopic (exact) mass is 488 g/mol. The van der Waals surface area contributed by atoms with Crippen molar-refractivity contribution in [1.29, 1.82) is 0 Å². The summed E-state index contributed by atoms with van der Waals surface area (Å²) >= 11 is 1.35. The standard InChI is InChI=1S/C21H24N6O4S2/c1-33(30,31)27-10-6-16(13-27)20(29)23-11-19(28)25-21-24-18(14-32-21)15-3-2-9-26(12-15)17-4-7-22-8-5-17/h4-8,10,13-15H,2-3,9,11-12H2,1H3,(H,23,29)(H,24,25,28). The lowest BCUT2D eigenvalue weighted by Crippen LogP contribution is -2.34. The van der Waals surface area contributed by atoms with E-state index in [1.807, 2.05) is 17.5 Å². The summed E-state index contributed by atoms with van der Waals surface area (Å²) in [6.07, 6.45) is 9.18. The molecule has 3 aromatic rings. The predicted molar refractivity (Wildman–Crippen MR) is 126 cm³/mol. The Hall–Kier alpha value is -3.25. The van der Waals surface area contributed by atoms with E-state index in [1.165, 1.54) is 29.8 Å². The van der Waals surface area contributed by atoms with E-state index in [-0.39, 0.29) is 18.0 Å². The highest BCUT2D eigenvalue weighted by Gasteiger charge is 2.24. The number of hydrogen-bond acceptors (Lipinski definition) is 8. The second-order valence-electron chi connectivity index (χ2n) is 7.79. The molecule has 1 saturated heterocycles. The van der Waals surface area contributed by atoms with Gasteiger partial charge in [0, 0.05) is 54.9 Å². The van der Waals surface area contributed by atoms with Gasteiger partial charge < -0.3 is 15.5 Å². The highest BCUT2D eigenvalue weighted by atomic mass is 32.2. The fourth-order valence-corrected chi connectivity index (χ4v) is 5.08. The van der Waals surface area contributed by atoms with Gasteiger partial charge in [0.2, 0.25) is 15.9 Å². The lowest BCUT2D eigenvalue weighted by atomic mass is 9.95. The SMILES string of the molecule is CS(=O)(=O)n1ccc(C(=O)NCC(=O)Nc2nc(C3CCCN(c4ccncc4)C3)cs2)c1. The van der Waals surface area contributed by atoms with Gasteiger partial charge in [0.1, 0.15) is 0 Å². The summed E-state index contributed by atoms with van der Waals surface area (Å²) in [6, 6.07) is 5.37. The zero-order valence-corrected chi connectivity index (χ0v) is 19.6. The van der Waals surface area contributed by atoms with Crippen LogP contribution >= 0.6 is 11.3 Å². The molecule has 1 unspecified atom stereocenters. The van der Waals surface area contributed by atoms with Crippen molar-refractivity contribution in [3.63, 3.8) is 0 Å². The first-order chi connectivity index (χ1) is 15.8. The number of hydrogen-bond donors (Lipinski definition) is 2. The summed E-state index contributed by atoms with van der Waals surface area (Å²) in [5.74, 6) is -0.674. The number of nitrogens with one attached hydrogen (secondary N) is 2. The summed E-state index contributed by atoms with van der Waals surface area (Å²) in [5.41, 5.74) is 2.24. The number of piperidine rings is 1. The molecule has 4 heterocycles. The van der Waals surface area contributed by atoms with Crippen molar-refractivity contribution in [2.45, 2.75) is 18.8 Å².